The van der Waals surface area contributed by atoms with Crippen LogP contribution in [0.2, 0.25) is 5.02 Å². The van der Waals surface area contributed by atoms with Gasteiger partial charge in [0, 0.05) is 27.9 Å². The molecule has 0 unspecified atom stereocenters. The van der Waals surface area contributed by atoms with Gasteiger partial charge in [-0.3, -0.25) is 9.59 Å². The number of hydrogen-bond acceptors (Lipinski definition) is 3. The number of nitrogens with one attached hydrogen (secondary N) is 2. The highest BCUT2D eigenvalue weighted by Crippen LogP contribution is 2.35. The average Bonchev–Trinajstić information content (AvgIpc) is 2.93. The summed E-state index contributed by atoms with van der Waals surface area (Å²) in [5, 5.41) is 6.85. The van der Waals surface area contributed by atoms with E-state index in [1.165, 1.54) is 11.3 Å². The minimum atomic E-state index is -0.283. The maximum Gasteiger partial charge on any atom is 0.267 e. The summed E-state index contributed by atoms with van der Waals surface area (Å²) in [6.45, 7) is 2.40. The summed E-state index contributed by atoms with van der Waals surface area (Å²) >= 11 is 7.67. The van der Waals surface area contributed by atoms with Gasteiger partial charge in [-0.1, -0.05) is 35.9 Å². The molecule has 3 rings (SSSR count). The number of halogens is 1. The minimum absolute atomic E-state index is 0.173. The summed E-state index contributed by atoms with van der Waals surface area (Å²) < 4.78 is 0.962. The van der Waals surface area contributed by atoms with E-state index in [0.717, 1.165) is 10.1 Å². The van der Waals surface area contributed by atoms with Crippen LogP contribution in [0.5, 0.6) is 0 Å². The van der Waals surface area contributed by atoms with E-state index < -0.39 is 0 Å². The van der Waals surface area contributed by atoms with Crippen molar-refractivity contribution in [1.29, 1.82) is 0 Å². The van der Waals surface area contributed by atoms with Crippen LogP contribution in [0.3, 0.4) is 0 Å². The predicted molar refractivity (Wildman–Crippen MR) is 99.2 cm³/mol. The number of hydrogen-bond donors (Lipinski definition) is 2. The highest BCUT2D eigenvalue weighted by atomic mass is 35.5. The SMILES string of the molecule is CCNC(=O)c1cccc(NC(=O)c2sc3ccccc3c2Cl)c1. The fraction of sp³-hybridized carbons (Fsp3) is 0.111. The van der Waals surface area contributed by atoms with Crippen LogP contribution in [0, 0.1) is 0 Å². The van der Waals surface area contributed by atoms with Crippen LogP contribution in [0.15, 0.2) is 48.5 Å². The molecule has 2 amide bonds. The third kappa shape index (κ3) is 3.27. The monoisotopic (exact) mass is 358 g/mol. The van der Waals surface area contributed by atoms with Gasteiger partial charge in [0.05, 0.1) is 5.02 Å². The summed E-state index contributed by atoms with van der Waals surface area (Å²) in [5.74, 6) is -0.456. The number of fused-ring (bicyclic) bond motifs is 1. The second-order valence-electron chi connectivity index (χ2n) is 5.14. The number of thiophene rings is 1. The van der Waals surface area contributed by atoms with E-state index in [4.69, 9.17) is 11.6 Å². The van der Waals surface area contributed by atoms with Crippen LogP contribution in [0.25, 0.3) is 10.1 Å². The molecule has 0 bridgehead atoms. The van der Waals surface area contributed by atoms with Crippen LogP contribution in [0.4, 0.5) is 5.69 Å². The Morgan fingerprint density at radius 1 is 1.08 bits per heavy atom. The normalized spacial score (nSPS) is 10.6. The van der Waals surface area contributed by atoms with Gasteiger partial charge in [-0.25, -0.2) is 0 Å². The molecular formula is C18H15ClN2O2S. The summed E-state index contributed by atoms with van der Waals surface area (Å²) in [6, 6.07) is 14.4. The van der Waals surface area contributed by atoms with Crippen molar-refractivity contribution in [2.45, 2.75) is 6.92 Å². The Kier molecular flexibility index (Phi) is 4.83. The van der Waals surface area contributed by atoms with Gasteiger partial charge in [0.1, 0.15) is 4.88 Å². The lowest BCUT2D eigenvalue weighted by atomic mass is 10.2. The van der Waals surface area contributed by atoms with Crippen molar-refractivity contribution in [3.63, 3.8) is 0 Å². The Morgan fingerprint density at radius 3 is 2.62 bits per heavy atom. The van der Waals surface area contributed by atoms with Crippen LogP contribution in [-0.4, -0.2) is 18.4 Å². The fourth-order valence-electron chi connectivity index (χ4n) is 2.35. The zero-order valence-electron chi connectivity index (χ0n) is 12.9. The molecule has 0 saturated heterocycles. The third-order valence-electron chi connectivity index (χ3n) is 3.46. The molecule has 6 heteroatoms. The molecule has 1 aromatic heterocycles. The molecule has 0 spiro atoms. The van der Waals surface area contributed by atoms with Crippen molar-refractivity contribution in [2.24, 2.45) is 0 Å². The van der Waals surface area contributed by atoms with Crippen molar-refractivity contribution in [3.05, 3.63) is 64.0 Å². The fourth-order valence-corrected chi connectivity index (χ4v) is 3.76. The molecule has 0 saturated carbocycles. The van der Waals surface area contributed by atoms with E-state index in [2.05, 4.69) is 10.6 Å². The lowest BCUT2D eigenvalue weighted by Gasteiger charge is -2.07. The Hall–Kier alpha value is -2.37. The van der Waals surface area contributed by atoms with E-state index in [9.17, 15) is 9.59 Å². The van der Waals surface area contributed by atoms with E-state index in [1.807, 2.05) is 31.2 Å². The number of carbonyl (C=O) groups excluding carboxylic acids is 2. The summed E-state index contributed by atoms with van der Waals surface area (Å²) in [7, 11) is 0. The van der Waals surface area contributed by atoms with Crippen molar-refractivity contribution in [1.82, 2.24) is 5.32 Å². The van der Waals surface area contributed by atoms with Crippen molar-refractivity contribution >= 4 is 50.5 Å². The van der Waals surface area contributed by atoms with Gasteiger partial charge >= 0.3 is 0 Å². The zero-order valence-corrected chi connectivity index (χ0v) is 14.5. The smallest absolute Gasteiger partial charge is 0.267 e. The largest absolute Gasteiger partial charge is 0.352 e. The van der Waals surface area contributed by atoms with Crippen molar-refractivity contribution < 1.29 is 9.59 Å². The van der Waals surface area contributed by atoms with Gasteiger partial charge in [0.25, 0.3) is 11.8 Å². The van der Waals surface area contributed by atoms with E-state index in [1.54, 1.807) is 24.3 Å². The van der Waals surface area contributed by atoms with Gasteiger partial charge < -0.3 is 10.6 Å². The first kappa shape index (κ1) is 16.5. The summed E-state index contributed by atoms with van der Waals surface area (Å²) in [5.41, 5.74) is 1.05. The number of anilines is 1. The zero-order chi connectivity index (χ0) is 17.1. The standard InChI is InChI=1S/C18H15ClN2O2S/c1-2-20-17(22)11-6-5-7-12(10-11)21-18(23)16-15(19)13-8-3-4-9-14(13)24-16/h3-10H,2H2,1H3,(H,20,22)(H,21,23). The lowest BCUT2D eigenvalue weighted by molar-refractivity contribution is 0.0954. The number of amides is 2. The topological polar surface area (TPSA) is 58.2 Å². The van der Waals surface area contributed by atoms with Gasteiger partial charge in [-0.05, 0) is 31.2 Å². The summed E-state index contributed by atoms with van der Waals surface area (Å²) in [4.78, 5) is 24.9. The maximum absolute atomic E-state index is 12.5. The van der Waals surface area contributed by atoms with Gasteiger partial charge in [0.15, 0.2) is 0 Å². The van der Waals surface area contributed by atoms with Crippen LogP contribution in [0.1, 0.15) is 27.0 Å². The van der Waals surface area contributed by atoms with Crippen LogP contribution < -0.4 is 10.6 Å². The second kappa shape index (κ2) is 7.03. The van der Waals surface area contributed by atoms with Gasteiger partial charge in [-0.2, -0.15) is 0 Å². The average molecular weight is 359 g/mol. The molecule has 0 aliphatic heterocycles. The van der Waals surface area contributed by atoms with E-state index >= 15 is 0 Å². The van der Waals surface area contributed by atoms with E-state index in [-0.39, 0.29) is 11.8 Å². The van der Waals surface area contributed by atoms with Gasteiger partial charge in [-0.15, -0.1) is 11.3 Å². The number of rotatable bonds is 4. The van der Waals surface area contributed by atoms with Crippen LogP contribution >= 0.6 is 22.9 Å². The number of carbonyl (C=O) groups is 2. The Labute approximate surface area is 148 Å². The minimum Gasteiger partial charge on any atom is -0.352 e. The molecule has 2 N–H and O–H groups in total. The predicted octanol–water partition coefficient (Wildman–Crippen LogP) is 4.56. The Balaban J connectivity index is 1.85. The first-order chi connectivity index (χ1) is 11.6. The molecule has 0 aliphatic rings. The molecule has 3 aromatic rings. The third-order valence-corrected chi connectivity index (χ3v) is 5.14. The van der Waals surface area contributed by atoms with Crippen molar-refractivity contribution in [3.8, 4) is 0 Å². The first-order valence-corrected chi connectivity index (χ1v) is 8.66. The van der Waals surface area contributed by atoms with Crippen LogP contribution in [-0.2, 0) is 0 Å². The Morgan fingerprint density at radius 2 is 1.88 bits per heavy atom. The molecule has 2 aromatic carbocycles. The maximum atomic E-state index is 12.5. The summed E-state index contributed by atoms with van der Waals surface area (Å²) in [6.07, 6.45) is 0. The first-order valence-electron chi connectivity index (χ1n) is 7.46. The van der Waals surface area contributed by atoms with E-state index in [0.29, 0.717) is 27.7 Å². The molecule has 0 atom stereocenters. The van der Waals surface area contributed by atoms with Crippen molar-refractivity contribution in [2.75, 3.05) is 11.9 Å². The molecule has 24 heavy (non-hydrogen) atoms. The molecule has 0 aliphatic carbocycles. The highest BCUT2D eigenvalue weighted by molar-refractivity contribution is 7.21. The number of benzene rings is 2. The molecular weight excluding hydrogens is 344 g/mol. The second-order valence-corrected chi connectivity index (χ2v) is 6.57. The molecule has 1 heterocycles. The van der Waals surface area contributed by atoms with Gasteiger partial charge in [0.2, 0.25) is 0 Å². The molecule has 0 fully saturated rings. The Bertz CT molecular complexity index is 920. The molecule has 0 radical (unpaired) electrons. The highest BCUT2D eigenvalue weighted by Gasteiger charge is 2.17. The lowest BCUT2D eigenvalue weighted by Crippen LogP contribution is -2.22. The molecule has 4 nitrogen and oxygen atoms in total. The quantitative estimate of drug-likeness (QED) is 0.718. The molecule has 122 valence electrons.